The van der Waals surface area contributed by atoms with Crippen LogP contribution in [0.15, 0.2) is 54.6 Å². The van der Waals surface area contributed by atoms with Gasteiger partial charge in [-0.25, -0.2) is 0 Å². The molecule has 0 spiro atoms. The normalized spacial score (nSPS) is 16.4. The number of hydrogen-bond acceptors (Lipinski definition) is 6. The van der Waals surface area contributed by atoms with E-state index in [1.54, 1.807) is 6.07 Å². The van der Waals surface area contributed by atoms with Gasteiger partial charge in [-0.2, -0.15) is 18.4 Å². The molecule has 1 aliphatic rings. The Balaban J connectivity index is 1.65. The Morgan fingerprint density at radius 1 is 1.08 bits per heavy atom. The van der Waals surface area contributed by atoms with Crippen LogP contribution in [-0.4, -0.2) is 57.0 Å². The molecule has 0 unspecified atom stereocenters. The predicted molar refractivity (Wildman–Crippen MR) is 142 cm³/mol. The van der Waals surface area contributed by atoms with Crippen LogP contribution in [0.5, 0.6) is 0 Å². The second-order valence-electron chi connectivity index (χ2n) is 9.83. The first kappa shape index (κ1) is 29.3. The van der Waals surface area contributed by atoms with Crippen LogP contribution in [0.4, 0.5) is 24.5 Å². The van der Waals surface area contributed by atoms with Gasteiger partial charge < -0.3 is 20.3 Å². The highest BCUT2D eigenvalue weighted by Crippen LogP contribution is 2.33. The number of morpholine rings is 1. The van der Waals surface area contributed by atoms with Gasteiger partial charge in [0.25, 0.3) is 0 Å². The zero-order valence-electron chi connectivity index (χ0n) is 21.8. The molecule has 3 atom stereocenters. The summed E-state index contributed by atoms with van der Waals surface area (Å²) in [5.41, 5.74) is 1.94. The van der Waals surface area contributed by atoms with Crippen molar-refractivity contribution >= 4 is 17.3 Å². The van der Waals surface area contributed by atoms with E-state index in [9.17, 15) is 23.2 Å². The number of alkyl halides is 3. The smallest absolute Gasteiger partial charge is 0.383 e. The molecule has 0 bridgehead atoms. The lowest BCUT2D eigenvalue weighted by molar-refractivity contribution is -0.161. The Morgan fingerprint density at radius 3 is 2.32 bits per heavy atom. The van der Waals surface area contributed by atoms with Crippen LogP contribution >= 0.6 is 0 Å². The van der Waals surface area contributed by atoms with Crippen LogP contribution in [0.1, 0.15) is 38.3 Å². The predicted octanol–water partition coefficient (Wildman–Crippen LogP) is 4.64. The lowest BCUT2D eigenvalue weighted by Gasteiger charge is -2.30. The highest BCUT2D eigenvalue weighted by atomic mass is 19.4. The summed E-state index contributed by atoms with van der Waals surface area (Å²) in [6.07, 6.45) is -4.36. The molecule has 3 N–H and O–H groups in total. The van der Waals surface area contributed by atoms with Crippen molar-refractivity contribution in [3.05, 3.63) is 60.2 Å². The highest BCUT2D eigenvalue weighted by Gasteiger charge is 2.43. The van der Waals surface area contributed by atoms with E-state index in [1.165, 1.54) is 24.3 Å². The summed E-state index contributed by atoms with van der Waals surface area (Å²) in [6, 6.07) is 13.7. The molecule has 1 aliphatic heterocycles. The van der Waals surface area contributed by atoms with E-state index in [2.05, 4.69) is 26.9 Å². The molecule has 0 radical (unpaired) electrons. The number of nitriles is 1. The maximum absolute atomic E-state index is 13.9. The van der Waals surface area contributed by atoms with Gasteiger partial charge in [0.2, 0.25) is 5.91 Å². The number of carbonyl (C=O) groups excluding carboxylic acids is 1. The van der Waals surface area contributed by atoms with Crippen LogP contribution in [0.25, 0.3) is 0 Å². The summed E-state index contributed by atoms with van der Waals surface area (Å²) < 4.78 is 47.2. The second-order valence-corrected chi connectivity index (χ2v) is 9.83. The van der Waals surface area contributed by atoms with Crippen LogP contribution in [0.3, 0.4) is 0 Å². The number of nitrogens with zero attached hydrogens (tertiary/aromatic N) is 2. The molecule has 0 aromatic heterocycles. The summed E-state index contributed by atoms with van der Waals surface area (Å²) in [5.74, 6) is -0.589. The quantitative estimate of drug-likeness (QED) is 0.370. The van der Waals surface area contributed by atoms with Crippen molar-refractivity contribution in [2.75, 3.05) is 43.1 Å². The van der Waals surface area contributed by atoms with Gasteiger partial charge in [-0.05, 0) is 42.2 Å². The molecule has 1 saturated heterocycles. The maximum atomic E-state index is 13.9. The number of rotatable bonds is 12. The fourth-order valence-electron chi connectivity index (χ4n) is 4.39. The van der Waals surface area contributed by atoms with Gasteiger partial charge in [0, 0.05) is 31.0 Å². The average Bonchev–Trinajstić information content (AvgIpc) is 2.90. The van der Waals surface area contributed by atoms with Crippen LogP contribution in [0.2, 0.25) is 0 Å². The van der Waals surface area contributed by atoms with Crippen molar-refractivity contribution in [3.63, 3.8) is 0 Å². The average molecular weight is 532 g/mol. The van der Waals surface area contributed by atoms with Gasteiger partial charge in [-0.15, -0.1) is 0 Å². The number of halogens is 3. The third kappa shape index (κ3) is 8.92. The molecule has 2 aromatic rings. The van der Waals surface area contributed by atoms with Crippen molar-refractivity contribution < 1.29 is 22.7 Å². The number of hydrogen-bond donors (Lipinski definition) is 3. The van der Waals surface area contributed by atoms with Gasteiger partial charge in [-0.1, -0.05) is 44.2 Å². The Bertz CT molecular complexity index is 1040. The lowest BCUT2D eigenvalue weighted by Crippen LogP contribution is -2.52. The van der Waals surface area contributed by atoms with Gasteiger partial charge in [0.15, 0.2) is 0 Å². The van der Waals surface area contributed by atoms with Crippen LogP contribution in [-0.2, 0) is 9.53 Å². The van der Waals surface area contributed by atoms with Gasteiger partial charge in [-0.3, -0.25) is 10.1 Å². The fraction of sp³-hybridized carbons (Fsp3) is 0.500. The van der Waals surface area contributed by atoms with Crippen molar-refractivity contribution in [1.82, 2.24) is 10.6 Å². The van der Waals surface area contributed by atoms with E-state index in [0.29, 0.717) is 13.2 Å². The van der Waals surface area contributed by atoms with E-state index in [-0.39, 0.29) is 30.9 Å². The first-order valence-corrected chi connectivity index (χ1v) is 12.9. The largest absolute Gasteiger partial charge is 0.407 e. The summed E-state index contributed by atoms with van der Waals surface area (Å²) in [4.78, 5) is 15.4. The number of benzene rings is 2. The molecule has 3 rings (SSSR count). The van der Waals surface area contributed by atoms with Crippen LogP contribution in [0, 0.1) is 17.2 Å². The molecule has 2 aromatic carbocycles. The zero-order chi connectivity index (χ0) is 27.5. The molecule has 0 saturated carbocycles. The zero-order valence-corrected chi connectivity index (χ0v) is 21.8. The SMILES string of the molecule is CC(C)C[C@H](N[C@@H](c1ccccc1)C(F)(F)F)C(=O)N[C@@H](CC#N)CNc1ccc(N2CCOCC2)cc1. The maximum Gasteiger partial charge on any atom is 0.407 e. The van der Waals surface area contributed by atoms with E-state index in [4.69, 9.17) is 4.74 Å². The monoisotopic (exact) mass is 531 g/mol. The molecule has 1 amide bonds. The third-order valence-electron chi connectivity index (χ3n) is 6.33. The molecular formula is C28H36F3N5O2. The number of carbonyl (C=O) groups is 1. The molecule has 1 heterocycles. The van der Waals surface area contributed by atoms with Crippen molar-refractivity contribution in [1.29, 1.82) is 5.26 Å². The Hall–Kier alpha value is -3.29. The van der Waals surface area contributed by atoms with Crippen LogP contribution < -0.4 is 20.9 Å². The second kappa shape index (κ2) is 14.0. The van der Waals surface area contributed by atoms with Gasteiger partial charge >= 0.3 is 6.18 Å². The Kier molecular flexibility index (Phi) is 10.8. The lowest BCUT2D eigenvalue weighted by atomic mass is 9.99. The third-order valence-corrected chi connectivity index (χ3v) is 6.33. The van der Waals surface area contributed by atoms with Gasteiger partial charge in [0.05, 0.1) is 37.8 Å². The van der Waals surface area contributed by atoms with Crippen molar-refractivity contribution in [2.45, 2.75) is 51.0 Å². The van der Waals surface area contributed by atoms with E-state index < -0.39 is 30.2 Å². The summed E-state index contributed by atoms with van der Waals surface area (Å²) in [7, 11) is 0. The molecule has 0 aliphatic carbocycles. The topological polar surface area (TPSA) is 89.4 Å². The first-order chi connectivity index (χ1) is 18.2. The Labute approximate surface area is 222 Å². The molecular weight excluding hydrogens is 495 g/mol. The molecule has 10 heteroatoms. The van der Waals surface area contributed by atoms with E-state index in [1.807, 2.05) is 38.1 Å². The van der Waals surface area contributed by atoms with Crippen molar-refractivity contribution in [3.8, 4) is 6.07 Å². The number of amides is 1. The molecule has 1 fully saturated rings. The molecule has 7 nitrogen and oxygen atoms in total. The Morgan fingerprint density at radius 2 is 1.74 bits per heavy atom. The van der Waals surface area contributed by atoms with Gasteiger partial charge in [0.1, 0.15) is 6.04 Å². The number of nitrogens with one attached hydrogen (secondary N) is 3. The first-order valence-electron chi connectivity index (χ1n) is 12.9. The highest BCUT2D eigenvalue weighted by molar-refractivity contribution is 5.82. The molecule has 38 heavy (non-hydrogen) atoms. The number of anilines is 2. The van der Waals surface area contributed by atoms with E-state index in [0.717, 1.165) is 24.5 Å². The minimum absolute atomic E-state index is 0.0143. The number of ether oxygens (including phenoxy) is 1. The molecule has 206 valence electrons. The minimum Gasteiger partial charge on any atom is -0.383 e. The summed E-state index contributed by atoms with van der Waals surface area (Å²) in [5, 5.41) is 17.9. The summed E-state index contributed by atoms with van der Waals surface area (Å²) >= 11 is 0. The standard InChI is InChI=1S/C28H36F3N5O2/c1-20(2)18-25(35-26(28(29,30)31)21-6-4-3-5-7-21)27(37)34-23(12-13-32)19-33-22-8-10-24(11-9-22)36-14-16-38-17-15-36/h3-11,20,23,25-26,33,35H,12,14-19H2,1-2H3,(H,34,37)/t23-,25-,26-/m0/s1. The fourth-order valence-corrected chi connectivity index (χ4v) is 4.39. The van der Waals surface area contributed by atoms with E-state index >= 15 is 0 Å². The summed E-state index contributed by atoms with van der Waals surface area (Å²) in [6.45, 7) is 6.99. The minimum atomic E-state index is -4.59. The van der Waals surface area contributed by atoms with Crippen molar-refractivity contribution in [2.24, 2.45) is 5.92 Å².